The Morgan fingerprint density at radius 1 is 1.50 bits per heavy atom. The van der Waals surface area contributed by atoms with Crippen molar-refractivity contribution in [1.82, 2.24) is 9.97 Å². The van der Waals surface area contributed by atoms with Crippen molar-refractivity contribution in [3.63, 3.8) is 0 Å². The molecular formula is C13H18N4O3. The van der Waals surface area contributed by atoms with Crippen molar-refractivity contribution < 1.29 is 10.0 Å². The van der Waals surface area contributed by atoms with Crippen LogP contribution in [0.25, 0.3) is 11.0 Å². The van der Waals surface area contributed by atoms with Crippen molar-refractivity contribution in [3.8, 4) is 0 Å². The maximum absolute atomic E-state index is 10.7. The summed E-state index contributed by atoms with van der Waals surface area (Å²) in [5, 5.41) is 22.9. The summed E-state index contributed by atoms with van der Waals surface area (Å²) in [5.41, 5.74) is 1.28. The van der Waals surface area contributed by atoms with Gasteiger partial charge in [-0.05, 0) is 17.9 Å². The van der Waals surface area contributed by atoms with Crippen LogP contribution in [0.1, 0.15) is 20.3 Å². The number of rotatable bonds is 6. The van der Waals surface area contributed by atoms with Crippen LogP contribution in [-0.2, 0) is 0 Å². The molecule has 0 fully saturated rings. The highest BCUT2D eigenvalue weighted by atomic mass is 16.6. The quantitative estimate of drug-likeness (QED) is 0.555. The molecule has 108 valence electrons. The summed E-state index contributed by atoms with van der Waals surface area (Å²) in [6, 6.07) is 4.52. The van der Waals surface area contributed by atoms with Crippen molar-refractivity contribution >= 4 is 22.7 Å². The van der Waals surface area contributed by atoms with Crippen molar-refractivity contribution in [2.45, 2.75) is 20.3 Å². The fraction of sp³-hybridized carbons (Fsp3) is 0.462. The van der Waals surface area contributed by atoms with E-state index in [0.29, 0.717) is 29.9 Å². The van der Waals surface area contributed by atoms with E-state index in [2.05, 4.69) is 15.3 Å². The van der Waals surface area contributed by atoms with Crippen LogP contribution in [0.15, 0.2) is 18.2 Å². The monoisotopic (exact) mass is 278 g/mol. The number of hydrogen-bond acceptors (Lipinski definition) is 5. The number of anilines is 1. The van der Waals surface area contributed by atoms with Gasteiger partial charge in [0.05, 0.1) is 16.0 Å². The van der Waals surface area contributed by atoms with Gasteiger partial charge in [0.25, 0.3) is 5.69 Å². The minimum Gasteiger partial charge on any atom is -0.396 e. The van der Waals surface area contributed by atoms with Crippen LogP contribution in [0.2, 0.25) is 0 Å². The number of non-ortho nitro benzene ring substituents is 1. The van der Waals surface area contributed by atoms with Gasteiger partial charge < -0.3 is 15.4 Å². The second-order valence-corrected chi connectivity index (χ2v) is 5.54. The van der Waals surface area contributed by atoms with Gasteiger partial charge in [-0.1, -0.05) is 13.8 Å². The number of nitro groups is 1. The van der Waals surface area contributed by atoms with E-state index >= 15 is 0 Å². The van der Waals surface area contributed by atoms with E-state index in [-0.39, 0.29) is 17.7 Å². The molecule has 2 rings (SSSR count). The zero-order valence-corrected chi connectivity index (χ0v) is 11.5. The minimum absolute atomic E-state index is 0.0355. The molecule has 0 aliphatic heterocycles. The first-order chi connectivity index (χ1) is 9.41. The van der Waals surface area contributed by atoms with Crippen LogP contribution in [0.4, 0.5) is 11.6 Å². The number of aromatic amines is 1. The summed E-state index contributed by atoms with van der Waals surface area (Å²) in [4.78, 5) is 17.6. The molecule has 7 nitrogen and oxygen atoms in total. The van der Waals surface area contributed by atoms with Crippen molar-refractivity contribution in [3.05, 3.63) is 28.3 Å². The summed E-state index contributed by atoms with van der Waals surface area (Å²) < 4.78 is 0. The number of aromatic nitrogens is 2. The van der Waals surface area contributed by atoms with Crippen LogP contribution in [0, 0.1) is 15.5 Å². The Labute approximate surface area is 116 Å². The van der Waals surface area contributed by atoms with E-state index in [1.807, 2.05) is 13.8 Å². The number of aliphatic hydroxyl groups excluding tert-OH is 1. The average molecular weight is 278 g/mol. The fourth-order valence-corrected chi connectivity index (χ4v) is 1.91. The third-order valence-electron chi connectivity index (χ3n) is 3.20. The fourth-order valence-electron chi connectivity index (χ4n) is 1.91. The number of hydrogen-bond donors (Lipinski definition) is 3. The summed E-state index contributed by atoms with van der Waals surface area (Å²) in [6.07, 6.45) is 0.686. The van der Waals surface area contributed by atoms with Crippen molar-refractivity contribution in [2.24, 2.45) is 5.41 Å². The molecule has 0 atom stereocenters. The molecule has 0 amide bonds. The lowest BCUT2D eigenvalue weighted by molar-refractivity contribution is -0.384. The van der Waals surface area contributed by atoms with Gasteiger partial charge in [0.1, 0.15) is 0 Å². The van der Waals surface area contributed by atoms with Gasteiger partial charge in [0.15, 0.2) is 0 Å². The Morgan fingerprint density at radius 3 is 2.90 bits per heavy atom. The zero-order valence-electron chi connectivity index (χ0n) is 11.5. The molecule has 0 unspecified atom stereocenters. The van der Waals surface area contributed by atoms with Crippen LogP contribution in [0.5, 0.6) is 0 Å². The first-order valence-corrected chi connectivity index (χ1v) is 6.40. The molecule has 7 heteroatoms. The lowest BCUT2D eigenvalue weighted by Crippen LogP contribution is -2.24. The molecular weight excluding hydrogens is 260 g/mol. The van der Waals surface area contributed by atoms with Crippen LogP contribution in [-0.4, -0.2) is 33.1 Å². The van der Waals surface area contributed by atoms with Crippen LogP contribution >= 0.6 is 0 Å². The third-order valence-corrected chi connectivity index (χ3v) is 3.20. The molecule has 1 aromatic carbocycles. The SMILES string of the molecule is CC(C)(CCO)CNc1nc2ccc([N+](=O)[O-])cc2[nH]1. The number of fused-ring (bicyclic) bond motifs is 1. The van der Waals surface area contributed by atoms with Crippen LogP contribution < -0.4 is 5.32 Å². The second kappa shape index (κ2) is 5.46. The summed E-state index contributed by atoms with van der Waals surface area (Å²) >= 11 is 0. The Kier molecular flexibility index (Phi) is 3.89. The van der Waals surface area contributed by atoms with Crippen LogP contribution in [0.3, 0.4) is 0 Å². The molecule has 2 aromatic rings. The summed E-state index contributed by atoms with van der Waals surface area (Å²) in [5.74, 6) is 0.575. The first kappa shape index (κ1) is 14.3. The topological polar surface area (TPSA) is 104 Å². The smallest absolute Gasteiger partial charge is 0.271 e. The molecule has 1 aromatic heterocycles. The Bertz CT molecular complexity index is 621. The number of nitrogens with one attached hydrogen (secondary N) is 2. The maximum atomic E-state index is 10.7. The van der Waals surface area contributed by atoms with E-state index in [1.54, 1.807) is 6.07 Å². The highest BCUT2D eigenvalue weighted by Gasteiger charge is 2.17. The van der Waals surface area contributed by atoms with E-state index < -0.39 is 4.92 Å². The van der Waals surface area contributed by atoms with Gasteiger partial charge in [-0.3, -0.25) is 10.1 Å². The number of benzene rings is 1. The van der Waals surface area contributed by atoms with Crippen molar-refractivity contribution in [1.29, 1.82) is 0 Å². The zero-order chi connectivity index (χ0) is 14.8. The molecule has 1 heterocycles. The van der Waals surface area contributed by atoms with Gasteiger partial charge in [0.2, 0.25) is 5.95 Å². The number of nitro benzene ring substituents is 1. The van der Waals surface area contributed by atoms with Gasteiger partial charge in [-0.15, -0.1) is 0 Å². The second-order valence-electron chi connectivity index (χ2n) is 5.54. The minimum atomic E-state index is -0.433. The highest BCUT2D eigenvalue weighted by Crippen LogP contribution is 2.23. The molecule has 0 saturated heterocycles. The van der Waals surface area contributed by atoms with E-state index in [0.717, 1.165) is 0 Å². The normalized spacial score (nSPS) is 11.8. The molecule has 0 aliphatic carbocycles. The standard InChI is InChI=1S/C13H18N4O3/c1-13(2,5-6-18)8-14-12-15-10-4-3-9(17(19)20)7-11(10)16-12/h3-4,7,18H,5-6,8H2,1-2H3,(H2,14,15,16). The first-order valence-electron chi connectivity index (χ1n) is 6.40. The average Bonchev–Trinajstić information content (AvgIpc) is 2.78. The van der Waals surface area contributed by atoms with E-state index in [1.165, 1.54) is 12.1 Å². The predicted octanol–water partition coefficient (Wildman–Crippen LogP) is 2.29. The third kappa shape index (κ3) is 3.24. The molecule has 3 N–H and O–H groups in total. The van der Waals surface area contributed by atoms with Gasteiger partial charge >= 0.3 is 0 Å². The molecule has 0 aliphatic rings. The Morgan fingerprint density at radius 2 is 2.25 bits per heavy atom. The number of aliphatic hydroxyl groups is 1. The predicted molar refractivity (Wildman–Crippen MR) is 76.7 cm³/mol. The summed E-state index contributed by atoms with van der Waals surface area (Å²) in [6.45, 7) is 4.88. The van der Waals surface area contributed by atoms with Gasteiger partial charge in [-0.2, -0.15) is 0 Å². The summed E-state index contributed by atoms with van der Waals surface area (Å²) in [7, 11) is 0. The maximum Gasteiger partial charge on any atom is 0.271 e. The van der Waals surface area contributed by atoms with Gasteiger partial charge in [-0.25, -0.2) is 4.98 Å². The molecule has 20 heavy (non-hydrogen) atoms. The lowest BCUT2D eigenvalue weighted by Gasteiger charge is -2.23. The molecule has 0 saturated carbocycles. The van der Waals surface area contributed by atoms with Gasteiger partial charge in [0, 0.05) is 25.3 Å². The Balaban J connectivity index is 2.14. The number of imidazole rings is 1. The highest BCUT2D eigenvalue weighted by molar-refractivity contribution is 5.79. The number of nitrogens with zero attached hydrogens (tertiary/aromatic N) is 2. The molecule has 0 spiro atoms. The van der Waals surface area contributed by atoms with Crippen molar-refractivity contribution in [2.75, 3.05) is 18.5 Å². The Hall–Kier alpha value is -2.15. The molecule has 0 bridgehead atoms. The molecule has 0 radical (unpaired) electrons. The van der Waals surface area contributed by atoms with E-state index in [4.69, 9.17) is 5.11 Å². The lowest BCUT2D eigenvalue weighted by atomic mass is 9.90. The number of H-pyrrole nitrogens is 1. The largest absolute Gasteiger partial charge is 0.396 e. The van der Waals surface area contributed by atoms with E-state index in [9.17, 15) is 10.1 Å².